The number of ether oxygens (including phenoxy) is 1. The van der Waals surface area contributed by atoms with Gasteiger partial charge in [0.05, 0.1) is 17.3 Å². The maximum atomic E-state index is 5.67. The van der Waals surface area contributed by atoms with Crippen LogP contribution in [0.4, 0.5) is 0 Å². The molecular weight excluding hydrogens is 314 g/mol. The first-order chi connectivity index (χ1) is 12.3. The highest BCUT2D eigenvalue weighted by atomic mass is 16.5. The highest BCUT2D eigenvalue weighted by Gasteiger charge is 2.12. The van der Waals surface area contributed by atoms with Gasteiger partial charge in [0.1, 0.15) is 18.0 Å². The van der Waals surface area contributed by atoms with Crippen LogP contribution in [-0.2, 0) is 0 Å². The van der Waals surface area contributed by atoms with Crippen molar-refractivity contribution in [3.63, 3.8) is 0 Å². The lowest BCUT2D eigenvalue weighted by molar-refractivity contribution is 0.364. The van der Waals surface area contributed by atoms with Gasteiger partial charge in [-0.05, 0) is 29.5 Å². The van der Waals surface area contributed by atoms with Gasteiger partial charge in [0.25, 0.3) is 0 Å². The highest BCUT2D eigenvalue weighted by molar-refractivity contribution is 5.80. The lowest BCUT2D eigenvalue weighted by Crippen LogP contribution is -2.00. The number of pyridine rings is 1. The van der Waals surface area contributed by atoms with Crippen molar-refractivity contribution in [2.24, 2.45) is 0 Å². The van der Waals surface area contributed by atoms with Crippen LogP contribution in [-0.4, -0.2) is 31.8 Å². The molecule has 0 unspecified atom stereocenters. The van der Waals surface area contributed by atoms with Crippen molar-refractivity contribution in [2.45, 2.75) is 0 Å². The number of aromatic nitrogens is 5. The quantitative estimate of drug-likeness (QED) is 0.525. The Morgan fingerprint density at radius 3 is 2.84 bits per heavy atom. The number of benzene rings is 2. The number of nitrogens with zero attached hydrogens (tertiary/aromatic N) is 5. The predicted molar refractivity (Wildman–Crippen MR) is 95.6 cm³/mol. The average Bonchev–Trinajstić information content (AvgIpc) is 3.16. The Bertz CT molecular complexity index is 1040. The molecular formula is C19H15N5O. The molecule has 0 spiro atoms. The van der Waals surface area contributed by atoms with E-state index in [0.29, 0.717) is 18.2 Å². The Morgan fingerprint density at radius 1 is 1.08 bits per heavy atom. The SMILES string of the molecule is C=CCOc1ccccc1-c1nnn(-c2cnc3ccccc3c2)n1. The van der Waals surface area contributed by atoms with E-state index < -0.39 is 0 Å². The number of tetrazole rings is 1. The molecule has 2 aromatic heterocycles. The maximum absolute atomic E-state index is 5.67. The van der Waals surface area contributed by atoms with Crippen molar-refractivity contribution in [2.75, 3.05) is 6.61 Å². The molecule has 0 aliphatic carbocycles. The second-order valence-corrected chi connectivity index (χ2v) is 5.38. The van der Waals surface area contributed by atoms with E-state index in [1.807, 2.05) is 54.6 Å². The molecule has 122 valence electrons. The fraction of sp³-hybridized carbons (Fsp3) is 0.0526. The second-order valence-electron chi connectivity index (χ2n) is 5.38. The third-order valence-corrected chi connectivity index (χ3v) is 3.71. The first-order valence-corrected chi connectivity index (χ1v) is 7.83. The molecule has 0 saturated heterocycles. The molecule has 2 aromatic carbocycles. The largest absolute Gasteiger partial charge is 0.489 e. The summed E-state index contributed by atoms with van der Waals surface area (Å²) in [5.74, 6) is 1.19. The topological polar surface area (TPSA) is 65.7 Å². The summed E-state index contributed by atoms with van der Waals surface area (Å²) < 4.78 is 5.67. The van der Waals surface area contributed by atoms with Gasteiger partial charge in [0.2, 0.25) is 5.82 Å². The van der Waals surface area contributed by atoms with Gasteiger partial charge in [0, 0.05) is 5.39 Å². The number of fused-ring (bicyclic) bond motifs is 1. The smallest absolute Gasteiger partial charge is 0.209 e. The van der Waals surface area contributed by atoms with Crippen LogP contribution in [0.3, 0.4) is 0 Å². The van der Waals surface area contributed by atoms with Crippen LogP contribution >= 0.6 is 0 Å². The van der Waals surface area contributed by atoms with Crippen LogP contribution in [0, 0.1) is 0 Å². The minimum Gasteiger partial charge on any atom is -0.489 e. The van der Waals surface area contributed by atoms with Crippen molar-refractivity contribution in [1.29, 1.82) is 0 Å². The first kappa shape index (κ1) is 15.0. The standard InChI is InChI=1S/C19H15N5O/c1-2-11-25-18-10-6-4-8-16(18)19-21-23-24(22-19)15-12-14-7-3-5-9-17(14)20-13-15/h2-10,12-13H,1,11H2. The van der Waals surface area contributed by atoms with E-state index >= 15 is 0 Å². The molecule has 0 amide bonds. The molecule has 4 rings (SSSR count). The Hall–Kier alpha value is -3.54. The molecule has 0 N–H and O–H groups in total. The summed E-state index contributed by atoms with van der Waals surface area (Å²) in [4.78, 5) is 5.90. The number of para-hydroxylation sites is 2. The van der Waals surface area contributed by atoms with E-state index in [-0.39, 0.29) is 0 Å². The molecule has 0 saturated carbocycles. The van der Waals surface area contributed by atoms with Crippen LogP contribution in [0.5, 0.6) is 5.75 Å². The van der Waals surface area contributed by atoms with Gasteiger partial charge in [-0.1, -0.05) is 43.0 Å². The van der Waals surface area contributed by atoms with E-state index in [1.165, 1.54) is 4.80 Å². The molecule has 0 atom stereocenters. The van der Waals surface area contributed by atoms with Crippen molar-refractivity contribution >= 4 is 10.9 Å². The highest BCUT2D eigenvalue weighted by Crippen LogP contribution is 2.27. The molecule has 4 aromatic rings. The van der Waals surface area contributed by atoms with Crippen molar-refractivity contribution < 1.29 is 4.74 Å². The minimum atomic E-state index is 0.416. The van der Waals surface area contributed by atoms with Crippen LogP contribution in [0.15, 0.2) is 73.4 Å². The Balaban J connectivity index is 1.71. The van der Waals surface area contributed by atoms with Crippen LogP contribution in [0.25, 0.3) is 28.0 Å². The average molecular weight is 329 g/mol. The van der Waals surface area contributed by atoms with Crippen LogP contribution < -0.4 is 4.74 Å². The van der Waals surface area contributed by atoms with Gasteiger partial charge in [-0.3, -0.25) is 4.98 Å². The summed E-state index contributed by atoms with van der Waals surface area (Å²) in [5.41, 5.74) is 2.46. The summed E-state index contributed by atoms with van der Waals surface area (Å²) >= 11 is 0. The monoisotopic (exact) mass is 329 g/mol. The van der Waals surface area contributed by atoms with Crippen molar-refractivity contribution in [3.05, 3.63) is 73.4 Å². The van der Waals surface area contributed by atoms with E-state index in [9.17, 15) is 0 Å². The predicted octanol–water partition coefficient (Wildman–Crippen LogP) is 3.44. The minimum absolute atomic E-state index is 0.416. The zero-order valence-electron chi connectivity index (χ0n) is 13.4. The third-order valence-electron chi connectivity index (χ3n) is 3.71. The second kappa shape index (κ2) is 6.52. The fourth-order valence-corrected chi connectivity index (χ4v) is 2.53. The van der Waals surface area contributed by atoms with E-state index in [4.69, 9.17) is 4.74 Å². The zero-order valence-corrected chi connectivity index (χ0v) is 13.4. The lowest BCUT2D eigenvalue weighted by atomic mass is 10.2. The molecule has 0 fully saturated rings. The molecule has 6 nitrogen and oxygen atoms in total. The van der Waals surface area contributed by atoms with Crippen molar-refractivity contribution in [1.82, 2.24) is 25.2 Å². The Kier molecular flexibility index (Phi) is 3.92. The van der Waals surface area contributed by atoms with Gasteiger partial charge in [0.15, 0.2) is 0 Å². The first-order valence-electron chi connectivity index (χ1n) is 7.83. The van der Waals surface area contributed by atoms with Gasteiger partial charge in [-0.25, -0.2) is 0 Å². The molecule has 25 heavy (non-hydrogen) atoms. The molecule has 6 heteroatoms. The third kappa shape index (κ3) is 2.97. The van der Waals surface area contributed by atoms with E-state index in [0.717, 1.165) is 22.2 Å². The summed E-state index contributed by atoms with van der Waals surface area (Å²) in [7, 11) is 0. The summed E-state index contributed by atoms with van der Waals surface area (Å²) in [6.07, 6.45) is 3.43. The summed E-state index contributed by atoms with van der Waals surface area (Å²) in [6.45, 7) is 4.08. The molecule has 0 radical (unpaired) electrons. The van der Waals surface area contributed by atoms with Crippen LogP contribution in [0.1, 0.15) is 0 Å². The maximum Gasteiger partial charge on any atom is 0.209 e. The van der Waals surface area contributed by atoms with Gasteiger partial charge >= 0.3 is 0 Å². The number of hydrogen-bond acceptors (Lipinski definition) is 5. The fourth-order valence-electron chi connectivity index (χ4n) is 2.53. The van der Waals surface area contributed by atoms with Gasteiger partial charge in [-0.2, -0.15) is 0 Å². The molecule has 0 aliphatic heterocycles. The van der Waals surface area contributed by atoms with Gasteiger partial charge < -0.3 is 4.74 Å². The molecule has 2 heterocycles. The van der Waals surface area contributed by atoms with E-state index in [1.54, 1.807) is 12.3 Å². The summed E-state index contributed by atoms with van der Waals surface area (Å²) in [5, 5.41) is 13.8. The van der Waals surface area contributed by atoms with E-state index in [2.05, 4.69) is 27.0 Å². The number of rotatable bonds is 5. The molecule has 0 aliphatic rings. The number of hydrogen-bond donors (Lipinski definition) is 0. The molecule has 0 bridgehead atoms. The summed E-state index contributed by atoms with van der Waals surface area (Å²) in [6, 6.07) is 17.5. The zero-order chi connectivity index (χ0) is 17.1. The Labute approximate surface area is 144 Å². The van der Waals surface area contributed by atoms with Crippen LogP contribution in [0.2, 0.25) is 0 Å². The normalized spacial score (nSPS) is 10.7. The van der Waals surface area contributed by atoms with Gasteiger partial charge in [-0.15, -0.1) is 15.0 Å². The van der Waals surface area contributed by atoms with Crippen molar-refractivity contribution in [3.8, 4) is 22.8 Å². The lowest BCUT2D eigenvalue weighted by Gasteiger charge is -2.06. The Morgan fingerprint density at radius 2 is 1.92 bits per heavy atom.